The second-order valence-corrected chi connectivity index (χ2v) is 4.91. The highest BCUT2D eigenvalue weighted by Crippen LogP contribution is 2.31. The van der Waals surface area contributed by atoms with Crippen molar-refractivity contribution < 1.29 is 9.47 Å². The molecule has 2 nitrogen and oxygen atoms in total. The van der Waals surface area contributed by atoms with Crippen molar-refractivity contribution in [2.24, 2.45) is 5.41 Å². The summed E-state index contributed by atoms with van der Waals surface area (Å²) in [6.45, 7) is 10.6. The van der Waals surface area contributed by atoms with Gasteiger partial charge in [0.1, 0.15) is 0 Å². The zero-order valence-electron chi connectivity index (χ0n) is 10.7. The first kappa shape index (κ1) is 13.0. The van der Waals surface area contributed by atoms with Gasteiger partial charge in [-0.15, -0.1) is 0 Å². The van der Waals surface area contributed by atoms with E-state index in [2.05, 4.69) is 27.7 Å². The molecule has 1 rings (SSSR count). The molecule has 1 aliphatic heterocycles. The summed E-state index contributed by atoms with van der Waals surface area (Å²) in [6, 6.07) is 0. The molecule has 2 unspecified atom stereocenters. The Kier molecular flexibility index (Phi) is 5.07. The molecule has 15 heavy (non-hydrogen) atoms. The molecule has 0 aromatic rings. The molecule has 0 saturated carbocycles. The predicted octanol–water partition coefficient (Wildman–Crippen LogP) is 3.40. The Balaban J connectivity index is 2.62. The van der Waals surface area contributed by atoms with E-state index in [-0.39, 0.29) is 5.41 Å². The maximum atomic E-state index is 6.02. The van der Waals surface area contributed by atoms with Gasteiger partial charge in [0.25, 0.3) is 0 Å². The number of hydrogen-bond acceptors (Lipinski definition) is 2. The lowest BCUT2D eigenvalue weighted by Gasteiger charge is -2.37. The Hall–Kier alpha value is -0.0800. The highest BCUT2D eigenvalue weighted by Gasteiger charge is 2.31. The summed E-state index contributed by atoms with van der Waals surface area (Å²) >= 11 is 0. The largest absolute Gasteiger partial charge is 0.378 e. The third-order valence-corrected chi connectivity index (χ3v) is 3.85. The van der Waals surface area contributed by atoms with Gasteiger partial charge in [-0.25, -0.2) is 0 Å². The molecule has 2 heteroatoms. The van der Waals surface area contributed by atoms with Gasteiger partial charge in [0.2, 0.25) is 0 Å². The van der Waals surface area contributed by atoms with Crippen LogP contribution in [0.1, 0.15) is 53.4 Å². The zero-order chi connectivity index (χ0) is 11.3. The van der Waals surface area contributed by atoms with Crippen molar-refractivity contribution in [1.29, 1.82) is 0 Å². The third-order valence-electron chi connectivity index (χ3n) is 3.85. The molecule has 0 bridgehead atoms. The normalized spacial score (nSPS) is 32.0. The molecule has 0 amide bonds. The molecular formula is C13H26O2. The fraction of sp³-hybridized carbons (Fsp3) is 1.00. The lowest BCUT2D eigenvalue weighted by atomic mass is 9.83. The minimum Gasteiger partial charge on any atom is -0.378 e. The molecule has 0 aromatic heterocycles. The van der Waals surface area contributed by atoms with E-state index in [1.165, 1.54) is 0 Å². The fourth-order valence-electron chi connectivity index (χ4n) is 2.10. The van der Waals surface area contributed by atoms with Crippen LogP contribution in [0.25, 0.3) is 0 Å². The first-order valence-electron chi connectivity index (χ1n) is 6.39. The van der Waals surface area contributed by atoms with Crippen molar-refractivity contribution in [3.63, 3.8) is 0 Å². The summed E-state index contributed by atoms with van der Waals surface area (Å²) in [7, 11) is 0. The Morgan fingerprint density at radius 2 is 1.67 bits per heavy atom. The van der Waals surface area contributed by atoms with Crippen LogP contribution in [0.4, 0.5) is 0 Å². The summed E-state index contributed by atoms with van der Waals surface area (Å²) in [5.41, 5.74) is 0.252. The first-order valence-corrected chi connectivity index (χ1v) is 6.39. The van der Waals surface area contributed by atoms with Crippen LogP contribution in [0, 0.1) is 5.41 Å². The van der Waals surface area contributed by atoms with Crippen LogP contribution in [0.5, 0.6) is 0 Å². The Labute approximate surface area is 94.3 Å². The third kappa shape index (κ3) is 3.46. The smallest absolute Gasteiger partial charge is 0.0597 e. The van der Waals surface area contributed by atoms with Crippen LogP contribution >= 0.6 is 0 Å². The molecule has 0 aliphatic carbocycles. The van der Waals surface area contributed by atoms with Crippen LogP contribution in [-0.4, -0.2) is 25.4 Å². The molecule has 1 heterocycles. The van der Waals surface area contributed by atoms with Crippen LogP contribution in [0.3, 0.4) is 0 Å². The second kappa shape index (κ2) is 5.86. The molecule has 0 radical (unpaired) electrons. The molecule has 0 N–H and O–H groups in total. The first-order chi connectivity index (χ1) is 7.15. The van der Waals surface area contributed by atoms with Crippen molar-refractivity contribution in [3.05, 3.63) is 0 Å². The van der Waals surface area contributed by atoms with Crippen LogP contribution in [-0.2, 0) is 9.47 Å². The minimum atomic E-state index is 0.252. The van der Waals surface area contributed by atoms with E-state index in [1.807, 2.05) is 0 Å². The highest BCUT2D eigenvalue weighted by molar-refractivity contribution is 4.79. The summed E-state index contributed by atoms with van der Waals surface area (Å²) in [6.07, 6.45) is 5.15. The number of ether oxygens (including phenoxy) is 2. The van der Waals surface area contributed by atoms with Crippen LogP contribution in [0.15, 0.2) is 0 Å². The fourth-order valence-corrected chi connectivity index (χ4v) is 2.10. The molecule has 0 spiro atoms. The predicted molar refractivity (Wildman–Crippen MR) is 63.1 cm³/mol. The SMILES string of the molecule is CCC1CC(C)OCC(CC)(CC)CO1. The quantitative estimate of drug-likeness (QED) is 0.717. The Morgan fingerprint density at radius 3 is 2.20 bits per heavy atom. The van der Waals surface area contributed by atoms with Gasteiger partial charge in [0.15, 0.2) is 0 Å². The van der Waals surface area contributed by atoms with Crippen LogP contribution in [0.2, 0.25) is 0 Å². The van der Waals surface area contributed by atoms with E-state index in [4.69, 9.17) is 9.47 Å². The second-order valence-electron chi connectivity index (χ2n) is 4.91. The number of hydrogen-bond donors (Lipinski definition) is 0. The molecule has 90 valence electrons. The van der Waals surface area contributed by atoms with E-state index in [1.54, 1.807) is 0 Å². The van der Waals surface area contributed by atoms with Gasteiger partial charge >= 0.3 is 0 Å². The lowest BCUT2D eigenvalue weighted by molar-refractivity contribution is -0.115. The van der Waals surface area contributed by atoms with E-state index in [9.17, 15) is 0 Å². The van der Waals surface area contributed by atoms with Crippen molar-refractivity contribution in [3.8, 4) is 0 Å². The average Bonchev–Trinajstić information content (AvgIpc) is 2.25. The summed E-state index contributed by atoms with van der Waals surface area (Å²) < 4.78 is 12.0. The van der Waals surface area contributed by atoms with Crippen molar-refractivity contribution in [2.75, 3.05) is 13.2 Å². The van der Waals surface area contributed by atoms with Gasteiger partial charge in [-0.05, 0) is 32.6 Å². The van der Waals surface area contributed by atoms with Gasteiger partial charge in [0, 0.05) is 5.41 Å². The van der Waals surface area contributed by atoms with Gasteiger partial charge in [-0.3, -0.25) is 0 Å². The Morgan fingerprint density at radius 1 is 1.07 bits per heavy atom. The molecule has 1 aliphatic rings. The summed E-state index contributed by atoms with van der Waals surface area (Å²) in [5.74, 6) is 0. The van der Waals surface area contributed by atoms with Crippen LogP contribution < -0.4 is 0 Å². The summed E-state index contributed by atoms with van der Waals surface area (Å²) in [4.78, 5) is 0. The van der Waals surface area contributed by atoms with E-state index < -0.39 is 0 Å². The highest BCUT2D eigenvalue weighted by atomic mass is 16.5. The molecule has 1 saturated heterocycles. The lowest BCUT2D eigenvalue weighted by Crippen LogP contribution is -2.38. The molecular weight excluding hydrogens is 188 g/mol. The van der Waals surface area contributed by atoms with E-state index in [0.717, 1.165) is 38.9 Å². The monoisotopic (exact) mass is 214 g/mol. The minimum absolute atomic E-state index is 0.252. The van der Waals surface area contributed by atoms with Gasteiger partial charge in [-0.2, -0.15) is 0 Å². The van der Waals surface area contributed by atoms with Gasteiger partial charge < -0.3 is 9.47 Å². The zero-order valence-corrected chi connectivity index (χ0v) is 10.7. The van der Waals surface area contributed by atoms with Gasteiger partial charge in [0.05, 0.1) is 25.4 Å². The standard InChI is InChI=1S/C13H26O2/c1-5-12-8-11(4)14-9-13(6-2,7-3)10-15-12/h11-12H,5-10H2,1-4H3. The summed E-state index contributed by atoms with van der Waals surface area (Å²) in [5, 5.41) is 0. The molecule has 2 atom stereocenters. The number of rotatable bonds is 3. The van der Waals surface area contributed by atoms with E-state index in [0.29, 0.717) is 12.2 Å². The molecule has 0 aromatic carbocycles. The van der Waals surface area contributed by atoms with Crippen molar-refractivity contribution >= 4 is 0 Å². The topological polar surface area (TPSA) is 18.5 Å². The van der Waals surface area contributed by atoms with Gasteiger partial charge in [-0.1, -0.05) is 20.8 Å². The van der Waals surface area contributed by atoms with E-state index >= 15 is 0 Å². The Bertz CT molecular complexity index is 175. The maximum absolute atomic E-state index is 6.02. The van der Waals surface area contributed by atoms with Crippen molar-refractivity contribution in [2.45, 2.75) is 65.6 Å². The maximum Gasteiger partial charge on any atom is 0.0597 e. The average molecular weight is 214 g/mol. The van der Waals surface area contributed by atoms with Crippen molar-refractivity contribution in [1.82, 2.24) is 0 Å². The molecule has 1 fully saturated rings.